The molecular formula is C60H36N2S. The number of aromatic nitrogens is 2. The number of fused-ring (bicyclic) bond motifs is 12. The van der Waals surface area contributed by atoms with Crippen LogP contribution in [0, 0.1) is 0 Å². The molecule has 3 heteroatoms. The summed E-state index contributed by atoms with van der Waals surface area (Å²) >= 11 is 1.90. The van der Waals surface area contributed by atoms with Gasteiger partial charge in [-0.15, -0.1) is 11.3 Å². The highest BCUT2D eigenvalue weighted by Crippen LogP contribution is 2.49. The molecule has 0 atom stereocenters. The highest BCUT2D eigenvalue weighted by Gasteiger charge is 2.22. The number of nitrogens with zero attached hydrogens (tertiary/aromatic N) is 2. The molecule has 0 aliphatic heterocycles. The standard InChI is InChI=1S/C60H36N2S/c1-2-15-37(16-3-1)45-22-8-13-27-50(45)60-61-54(40-31-29-39(30-32-40)44-28-14-20-38-17-6-7-21-43(38)44)36-55(62-60)52-35-51-48-25-10-9-23-46(48)47-24-11-12-26-49(47)57(51)59-58(52)53-33-41-18-4-5-19-42(41)34-56(53)63-59/h1-36H. The van der Waals surface area contributed by atoms with Crippen LogP contribution in [0.5, 0.6) is 0 Å². The summed E-state index contributed by atoms with van der Waals surface area (Å²) in [6.45, 7) is 0. The van der Waals surface area contributed by atoms with Crippen LogP contribution in [0.4, 0.5) is 0 Å². The van der Waals surface area contributed by atoms with Crippen molar-refractivity contribution in [2.75, 3.05) is 0 Å². The van der Waals surface area contributed by atoms with E-state index in [0.717, 1.165) is 39.2 Å². The molecule has 0 radical (unpaired) electrons. The van der Waals surface area contributed by atoms with Gasteiger partial charge in [0.1, 0.15) is 0 Å². The van der Waals surface area contributed by atoms with Crippen molar-refractivity contribution in [2.24, 2.45) is 0 Å². The van der Waals surface area contributed by atoms with Crippen LogP contribution >= 0.6 is 11.3 Å². The molecule has 0 aliphatic rings. The van der Waals surface area contributed by atoms with Crippen LogP contribution in [-0.4, -0.2) is 9.97 Å². The second-order valence-corrected chi connectivity index (χ2v) is 17.5. The summed E-state index contributed by atoms with van der Waals surface area (Å²) < 4.78 is 2.54. The van der Waals surface area contributed by atoms with Gasteiger partial charge in [0.05, 0.1) is 11.4 Å². The zero-order valence-corrected chi connectivity index (χ0v) is 34.9. The van der Waals surface area contributed by atoms with Crippen LogP contribution < -0.4 is 0 Å². The summed E-state index contributed by atoms with van der Waals surface area (Å²) in [5.41, 5.74) is 9.53. The number of rotatable bonds is 5. The Labute approximate surface area is 368 Å². The largest absolute Gasteiger partial charge is 0.228 e. The smallest absolute Gasteiger partial charge is 0.161 e. The Balaban J connectivity index is 1.13. The van der Waals surface area contributed by atoms with E-state index in [1.807, 2.05) is 11.3 Å². The van der Waals surface area contributed by atoms with Crippen molar-refractivity contribution < 1.29 is 0 Å². The number of thiophene rings is 1. The Morgan fingerprint density at radius 1 is 0.286 bits per heavy atom. The van der Waals surface area contributed by atoms with Crippen molar-refractivity contribution >= 4 is 85.4 Å². The van der Waals surface area contributed by atoms with Gasteiger partial charge in [-0.25, -0.2) is 9.97 Å². The average molecular weight is 817 g/mol. The van der Waals surface area contributed by atoms with Crippen molar-refractivity contribution in [3.63, 3.8) is 0 Å². The van der Waals surface area contributed by atoms with E-state index in [2.05, 4.69) is 218 Å². The molecule has 0 saturated heterocycles. The summed E-state index contributed by atoms with van der Waals surface area (Å²) in [6.07, 6.45) is 0. The van der Waals surface area contributed by atoms with Gasteiger partial charge in [-0.2, -0.15) is 0 Å². The molecule has 13 aromatic rings. The van der Waals surface area contributed by atoms with Crippen LogP contribution in [0.2, 0.25) is 0 Å². The van der Waals surface area contributed by atoms with Gasteiger partial charge in [0.25, 0.3) is 0 Å². The van der Waals surface area contributed by atoms with E-state index in [4.69, 9.17) is 9.97 Å². The summed E-state index contributed by atoms with van der Waals surface area (Å²) in [5, 5.41) is 15.0. The topological polar surface area (TPSA) is 25.8 Å². The minimum absolute atomic E-state index is 0.696. The molecule has 0 N–H and O–H groups in total. The predicted octanol–water partition coefficient (Wildman–Crippen LogP) is 16.9. The summed E-state index contributed by atoms with van der Waals surface area (Å²) in [7, 11) is 0. The lowest BCUT2D eigenvalue weighted by atomic mass is 9.90. The minimum atomic E-state index is 0.696. The van der Waals surface area contributed by atoms with Gasteiger partial charge in [0.15, 0.2) is 5.82 Å². The minimum Gasteiger partial charge on any atom is -0.228 e. The van der Waals surface area contributed by atoms with Gasteiger partial charge in [-0.3, -0.25) is 0 Å². The Morgan fingerprint density at radius 3 is 1.60 bits per heavy atom. The third kappa shape index (κ3) is 5.78. The summed E-state index contributed by atoms with van der Waals surface area (Å²) in [5.74, 6) is 0.696. The summed E-state index contributed by atoms with van der Waals surface area (Å²) in [4.78, 5) is 11.1. The molecule has 0 fully saturated rings. The first-order chi connectivity index (χ1) is 31.2. The van der Waals surface area contributed by atoms with Crippen LogP contribution in [0.25, 0.3) is 130 Å². The number of benzene rings is 11. The fraction of sp³-hybridized carbons (Fsp3) is 0. The van der Waals surface area contributed by atoms with Gasteiger partial charge in [-0.05, 0) is 95.0 Å². The lowest BCUT2D eigenvalue weighted by molar-refractivity contribution is 1.19. The SMILES string of the molecule is c1ccc(-c2ccccc2-c2nc(-c3ccc(-c4cccc5ccccc45)cc3)cc(-c3cc4c5ccccc5c5ccccc5c4c4sc5cc6ccccc6cc5c34)n2)cc1. The van der Waals surface area contributed by atoms with E-state index >= 15 is 0 Å². The predicted molar refractivity (Wildman–Crippen MR) is 270 cm³/mol. The first-order valence-corrected chi connectivity index (χ1v) is 22.3. The van der Waals surface area contributed by atoms with Gasteiger partial charge in [-0.1, -0.05) is 194 Å². The maximum atomic E-state index is 5.63. The Bertz CT molecular complexity index is 3950. The first kappa shape index (κ1) is 35.7. The zero-order valence-electron chi connectivity index (χ0n) is 34.1. The van der Waals surface area contributed by atoms with E-state index in [0.29, 0.717) is 5.82 Å². The lowest BCUT2D eigenvalue weighted by Crippen LogP contribution is -1.98. The van der Waals surface area contributed by atoms with Crippen molar-refractivity contribution in [1.29, 1.82) is 0 Å². The molecule has 0 saturated carbocycles. The summed E-state index contributed by atoms with van der Waals surface area (Å²) in [6, 6.07) is 79.1. The molecule has 0 spiro atoms. The first-order valence-electron chi connectivity index (χ1n) is 21.5. The molecular weight excluding hydrogens is 781 g/mol. The van der Waals surface area contributed by atoms with Crippen LogP contribution in [-0.2, 0) is 0 Å². The van der Waals surface area contributed by atoms with E-state index in [1.165, 1.54) is 85.2 Å². The van der Waals surface area contributed by atoms with Gasteiger partial charge < -0.3 is 0 Å². The van der Waals surface area contributed by atoms with Crippen LogP contribution in [0.3, 0.4) is 0 Å². The normalized spacial score (nSPS) is 11.8. The average Bonchev–Trinajstić information content (AvgIpc) is 3.73. The van der Waals surface area contributed by atoms with Gasteiger partial charge >= 0.3 is 0 Å². The Morgan fingerprint density at radius 2 is 0.825 bits per heavy atom. The van der Waals surface area contributed by atoms with E-state index in [1.54, 1.807) is 0 Å². The maximum Gasteiger partial charge on any atom is 0.161 e. The van der Waals surface area contributed by atoms with Gasteiger partial charge in [0.2, 0.25) is 0 Å². The van der Waals surface area contributed by atoms with E-state index < -0.39 is 0 Å². The van der Waals surface area contributed by atoms with Gasteiger partial charge in [0, 0.05) is 42.2 Å². The molecule has 11 aromatic carbocycles. The van der Waals surface area contributed by atoms with Crippen LogP contribution in [0.1, 0.15) is 0 Å². The monoisotopic (exact) mass is 816 g/mol. The lowest BCUT2D eigenvalue weighted by Gasteiger charge is -2.16. The van der Waals surface area contributed by atoms with Crippen molar-refractivity contribution in [1.82, 2.24) is 9.97 Å². The van der Waals surface area contributed by atoms with Crippen molar-refractivity contribution in [2.45, 2.75) is 0 Å². The second kappa shape index (κ2) is 14.3. The third-order valence-electron chi connectivity index (χ3n) is 12.9. The highest BCUT2D eigenvalue weighted by molar-refractivity contribution is 7.27. The zero-order chi connectivity index (χ0) is 41.4. The molecule has 13 rings (SSSR count). The Kier molecular flexibility index (Phi) is 8.12. The van der Waals surface area contributed by atoms with Crippen molar-refractivity contribution in [3.8, 4) is 56.2 Å². The molecule has 2 aromatic heterocycles. The Hall–Kier alpha value is -7.98. The number of hydrogen-bond acceptors (Lipinski definition) is 3. The molecule has 0 aliphatic carbocycles. The molecule has 2 heterocycles. The second-order valence-electron chi connectivity index (χ2n) is 16.4. The molecule has 2 nitrogen and oxygen atoms in total. The fourth-order valence-corrected chi connectivity index (χ4v) is 11.2. The van der Waals surface area contributed by atoms with E-state index in [-0.39, 0.29) is 0 Å². The molecule has 0 bridgehead atoms. The third-order valence-corrected chi connectivity index (χ3v) is 14.0. The number of hydrogen-bond donors (Lipinski definition) is 0. The fourth-order valence-electron chi connectivity index (χ4n) is 9.91. The highest BCUT2D eigenvalue weighted by atomic mass is 32.1. The molecule has 0 amide bonds. The van der Waals surface area contributed by atoms with E-state index in [9.17, 15) is 0 Å². The molecule has 63 heavy (non-hydrogen) atoms. The maximum absolute atomic E-state index is 5.63. The molecule has 292 valence electrons. The molecule has 0 unspecified atom stereocenters. The quantitative estimate of drug-likeness (QED) is 0.162. The van der Waals surface area contributed by atoms with Crippen LogP contribution in [0.15, 0.2) is 218 Å². The van der Waals surface area contributed by atoms with Crippen molar-refractivity contribution in [3.05, 3.63) is 218 Å².